The summed E-state index contributed by atoms with van der Waals surface area (Å²) in [5.74, 6) is -0.910. The minimum absolute atomic E-state index is 0.0844. The van der Waals surface area contributed by atoms with Crippen LogP contribution in [0.2, 0.25) is 0 Å². The molecule has 0 aliphatic rings. The molecule has 0 saturated heterocycles. The largest absolute Gasteiger partial charge is 0.462 e. The van der Waals surface area contributed by atoms with Crippen LogP contribution in [0.1, 0.15) is 297 Å². The number of ether oxygens (including phenoxy) is 3. The highest BCUT2D eigenvalue weighted by atomic mass is 16.6. The molecule has 68 heavy (non-hydrogen) atoms. The maximum absolute atomic E-state index is 12.9. The maximum atomic E-state index is 12.9. The Bertz CT molecular complexity index is 1230. The van der Waals surface area contributed by atoms with E-state index >= 15 is 0 Å². The number of unbranched alkanes of at least 4 members (excludes halogenated alkanes) is 32. The molecule has 0 saturated carbocycles. The first kappa shape index (κ1) is 65.1. The molecular formula is C62H110O6. The zero-order chi connectivity index (χ0) is 49.3. The number of esters is 3. The van der Waals surface area contributed by atoms with Gasteiger partial charge in [-0.3, -0.25) is 14.4 Å². The van der Waals surface area contributed by atoms with Gasteiger partial charge in [0.2, 0.25) is 0 Å². The maximum Gasteiger partial charge on any atom is 0.306 e. The molecule has 1 unspecified atom stereocenters. The van der Waals surface area contributed by atoms with Crippen LogP contribution in [0.15, 0.2) is 60.8 Å². The van der Waals surface area contributed by atoms with Crippen molar-refractivity contribution in [2.45, 2.75) is 303 Å². The lowest BCUT2D eigenvalue weighted by molar-refractivity contribution is -0.167. The third-order valence-electron chi connectivity index (χ3n) is 12.8. The summed E-state index contributed by atoms with van der Waals surface area (Å²) in [6, 6.07) is 0. The molecule has 0 aromatic carbocycles. The Hall–Kier alpha value is -2.89. The Morgan fingerprint density at radius 1 is 0.309 bits per heavy atom. The van der Waals surface area contributed by atoms with E-state index in [-0.39, 0.29) is 31.1 Å². The van der Waals surface area contributed by atoms with Crippen molar-refractivity contribution in [1.29, 1.82) is 0 Å². The fourth-order valence-electron chi connectivity index (χ4n) is 8.37. The molecule has 0 N–H and O–H groups in total. The summed E-state index contributed by atoms with van der Waals surface area (Å²) >= 11 is 0. The summed E-state index contributed by atoms with van der Waals surface area (Å²) in [5.41, 5.74) is 0. The Morgan fingerprint density at radius 2 is 0.574 bits per heavy atom. The van der Waals surface area contributed by atoms with Gasteiger partial charge in [-0.15, -0.1) is 0 Å². The molecular weight excluding hydrogens is 841 g/mol. The van der Waals surface area contributed by atoms with Gasteiger partial charge in [0.25, 0.3) is 0 Å². The van der Waals surface area contributed by atoms with Gasteiger partial charge in [-0.2, -0.15) is 0 Å². The molecule has 0 radical (unpaired) electrons. The molecule has 0 fully saturated rings. The van der Waals surface area contributed by atoms with Gasteiger partial charge in [0, 0.05) is 19.3 Å². The van der Waals surface area contributed by atoms with Crippen molar-refractivity contribution in [1.82, 2.24) is 0 Å². The third-order valence-corrected chi connectivity index (χ3v) is 12.8. The summed E-state index contributed by atoms with van der Waals surface area (Å²) in [5, 5.41) is 0. The molecule has 394 valence electrons. The second-order valence-corrected chi connectivity index (χ2v) is 19.5. The fraction of sp³-hybridized carbons (Fsp3) is 0.790. The SMILES string of the molecule is CC/C=C\C/C=C\C/C=C\CCCCCC(=O)OCC(COC(=O)CCCCCCCCCCCCCCCCCCCCCC)OC(=O)CCCCCCCCC/C=C\C/C=C\CCCCC. The van der Waals surface area contributed by atoms with Crippen molar-refractivity contribution >= 4 is 17.9 Å². The van der Waals surface area contributed by atoms with Gasteiger partial charge < -0.3 is 14.2 Å². The lowest BCUT2D eigenvalue weighted by Gasteiger charge is -2.18. The van der Waals surface area contributed by atoms with E-state index in [2.05, 4.69) is 81.5 Å². The summed E-state index contributed by atoms with van der Waals surface area (Å²) < 4.78 is 16.8. The third kappa shape index (κ3) is 54.1. The Kier molecular flexibility index (Phi) is 54.3. The molecule has 6 heteroatoms. The zero-order valence-corrected chi connectivity index (χ0v) is 45.1. The van der Waals surface area contributed by atoms with Gasteiger partial charge in [-0.25, -0.2) is 0 Å². The van der Waals surface area contributed by atoms with E-state index in [0.29, 0.717) is 19.3 Å². The van der Waals surface area contributed by atoms with Crippen molar-refractivity contribution in [3.05, 3.63) is 60.8 Å². The van der Waals surface area contributed by atoms with Gasteiger partial charge in [-0.1, -0.05) is 255 Å². The normalized spacial score (nSPS) is 12.5. The molecule has 0 aliphatic carbocycles. The van der Waals surface area contributed by atoms with Gasteiger partial charge in [0.1, 0.15) is 13.2 Å². The predicted octanol–water partition coefficient (Wildman–Crippen LogP) is 19.6. The summed E-state index contributed by atoms with van der Waals surface area (Å²) in [7, 11) is 0. The van der Waals surface area contributed by atoms with Crippen molar-refractivity contribution < 1.29 is 28.6 Å². The van der Waals surface area contributed by atoms with Gasteiger partial charge in [0.05, 0.1) is 0 Å². The number of hydrogen-bond acceptors (Lipinski definition) is 6. The van der Waals surface area contributed by atoms with Crippen LogP contribution in [-0.2, 0) is 28.6 Å². The predicted molar refractivity (Wildman–Crippen MR) is 293 cm³/mol. The van der Waals surface area contributed by atoms with Crippen LogP contribution >= 0.6 is 0 Å². The lowest BCUT2D eigenvalue weighted by Crippen LogP contribution is -2.30. The highest BCUT2D eigenvalue weighted by Gasteiger charge is 2.19. The smallest absolute Gasteiger partial charge is 0.306 e. The fourth-order valence-corrected chi connectivity index (χ4v) is 8.37. The van der Waals surface area contributed by atoms with E-state index in [9.17, 15) is 14.4 Å². The quantitative estimate of drug-likeness (QED) is 0.0262. The van der Waals surface area contributed by atoms with Crippen LogP contribution in [0.4, 0.5) is 0 Å². The molecule has 0 aromatic heterocycles. The highest BCUT2D eigenvalue weighted by molar-refractivity contribution is 5.71. The first-order valence-corrected chi connectivity index (χ1v) is 29.3. The van der Waals surface area contributed by atoms with Gasteiger partial charge in [0.15, 0.2) is 6.10 Å². The van der Waals surface area contributed by atoms with Crippen molar-refractivity contribution in [3.63, 3.8) is 0 Å². The minimum atomic E-state index is -0.789. The standard InChI is InChI=1S/C62H110O6/c1-4-7-10-13-16-19-22-25-27-29-30-31-33-34-37-40-43-46-49-52-55-61(64)67-58-59(57-66-60(63)54-51-48-45-42-39-36-24-21-18-15-12-9-6-3)68-62(65)56-53-50-47-44-41-38-35-32-28-26-23-20-17-14-11-8-5-2/h9,12,17-18,20-21,26,28,36,39,59H,4-8,10-11,13-16,19,22-25,27,29-35,37-38,40-58H2,1-3H3/b12-9-,20-17-,21-18-,28-26-,39-36-. The van der Waals surface area contributed by atoms with Crippen LogP contribution in [0.5, 0.6) is 0 Å². The van der Waals surface area contributed by atoms with Crippen LogP contribution in [0.3, 0.4) is 0 Å². The number of allylic oxidation sites excluding steroid dienone is 10. The van der Waals surface area contributed by atoms with Crippen molar-refractivity contribution in [3.8, 4) is 0 Å². The van der Waals surface area contributed by atoms with Crippen LogP contribution in [0.25, 0.3) is 0 Å². The Morgan fingerprint density at radius 3 is 0.941 bits per heavy atom. The van der Waals surface area contributed by atoms with Gasteiger partial charge in [-0.05, 0) is 83.5 Å². The Labute approximate surface area is 421 Å². The van der Waals surface area contributed by atoms with E-state index < -0.39 is 6.10 Å². The molecule has 0 bridgehead atoms. The molecule has 1 atom stereocenters. The minimum Gasteiger partial charge on any atom is -0.462 e. The number of hydrogen-bond donors (Lipinski definition) is 0. The number of carbonyl (C=O) groups excluding carboxylic acids is 3. The first-order valence-electron chi connectivity index (χ1n) is 29.3. The van der Waals surface area contributed by atoms with Crippen molar-refractivity contribution in [2.24, 2.45) is 0 Å². The average molecular weight is 952 g/mol. The Balaban J connectivity index is 4.35. The van der Waals surface area contributed by atoms with Gasteiger partial charge >= 0.3 is 17.9 Å². The summed E-state index contributed by atoms with van der Waals surface area (Å²) in [6.07, 6.45) is 70.7. The molecule has 0 aromatic rings. The molecule has 0 heterocycles. The van der Waals surface area contributed by atoms with E-state index in [1.54, 1.807) is 0 Å². The monoisotopic (exact) mass is 951 g/mol. The van der Waals surface area contributed by atoms with E-state index in [1.165, 1.54) is 161 Å². The second kappa shape index (κ2) is 56.7. The molecule has 6 nitrogen and oxygen atoms in total. The molecule has 0 rings (SSSR count). The highest BCUT2D eigenvalue weighted by Crippen LogP contribution is 2.16. The van der Waals surface area contributed by atoms with E-state index in [1.807, 2.05) is 0 Å². The zero-order valence-electron chi connectivity index (χ0n) is 45.1. The number of carbonyl (C=O) groups is 3. The van der Waals surface area contributed by atoms with E-state index in [4.69, 9.17) is 14.2 Å². The molecule has 0 spiro atoms. The van der Waals surface area contributed by atoms with Crippen molar-refractivity contribution in [2.75, 3.05) is 13.2 Å². The molecule has 0 aliphatic heterocycles. The van der Waals surface area contributed by atoms with Crippen LogP contribution in [0, 0.1) is 0 Å². The second-order valence-electron chi connectivity index (χ2n) is 19.5. The topological polar surface area (TPSA) is 78.9 Å². The summed E-state index contributed by atoms with van der Waals surface area (Å²) in [6.45, 7) is 6.50. The van der Waals surface area contributed by atoms with Crippen LogP contribution < -0.4 is 0 Å². The summed E-state index contributed by atoms with van der Waals surface area (Å²) in [4.78, 5) is 38.1. The van der Waals surface area contributed by atoms with Crippen LogP contribution in [-0.4, -0.2) is 37.2 Å². The van der Waals surface area contributed by atoms with E-state index in [0.717, 1.165) is 96.3 Å². The lowest BCUT2D eigenvalue weighted by atomic mass is 10.0. The first-order chi connectivity index (χ1) is 33.5. The molecule has 0 amide bonds. The average Bonchev–Trinajstić information content (AvgIpc) is 3.34. The number of rotatable bonds is 53.